The summed E-state index contributed by atoms with van der Waals surface area (Å²) in [6.45, 7) is 0. The number of carbonyl (C=O) groups excluding carboxylic acids is 3. The Kier molecular flexibility index (Phi) is 8.77. The topological polar surface area (TPSA) is 109 Å². The molecule has 0 aromatic heterocycles. The van der Waals surface area contributed by atoms with E-state index in [9.17, 15) is 14.4 Å². The zero-order chi connectivity index (χ0) is 23.6. The maximum atomic E-state index is 12.3. The second-order valence-corrected chi connectivity index (χ2v) is 8.29. The molecule has 3 amide bonds. The Bertz CT molecular complexity index is 987. The number of hydrogen-bond donors (Lipinski definition) is 4. The summed E-state index contributed by atoms with van der Waals surface area (Å²) in [4.78, 5) is 36.8. The molecule has 33 heavy (non-hydrogen) atoms. The van der Waals surface area contributed by atoms with Crippen molar-refractivity contribution in [1.82, 2.24) is 16.2 Å². The van der Waals surface area contributed by atoms with Gasteiger partial charge in [0.15, 0.2) is 5.11 Å². The summed E-state index contributed by atoms with van der Waals surface area (Å²) in [6, 6.07) is 13.7. The van der Waals surface area contributed by atoms with Crippen LogP contribution < -0.4 is 26.2 Å². The van der Waals surface area contributed by atoms with Crippen molar-refractivity contribution in [3.05, 3.63) is 59.7 Å². The minimum absolute atomic E-state index is 0.0155. The second kappa shape index (κ2) is 12.0. The summed E-state index contributed by atoms with van der Waals surface area (Å²) in [7, 11) is 1.57. The molecule has 1 aliphatic rings. The quantitative estimate of drug-likeness (QED) is 0.383. The first-order valence-electron chi connectivity index (χ1n) is 10.9. The van der Waals surface area contributed by atoms with Crippen molar-refractivity contribution in [1.29, 1.82) is 0 Å². The number of hydrogen-bond acceptors (Lipinski definition) is 5. The fourth-order valence-corrected chi connectivity index (χ4v) is 3.80. The normalized spacial score (nSPS) is 13.5. The molecule has 3 rings (SSSR count). The van der Waals surface area contributed by atoms with Gasteiger partial charge in [-0.1, -0.05) is 31.4 Å². The van der Waals surface area contributed by atoms with E-state index >= 15 is 0 Å². The third kappa shape index (κ3) is 7.57. The first-order chi connectivity index (χ1) is 15.9. The zero-order valence-electron chi connectivity index (χ0n) is 18.5. The van der Waals surface area contributed by atoms with Gasteiger partial charge in [-0.15, -0.1) is 0 Å². The van der Waals surface area contributed by atoms with Gasteiger partial charge in [0, 0.05) is 17.2 Å². The van der Waals surface area contributed by atoms with Crippen LogP contribution in [0.3, 0.4) is 0 Å². The third-order valence-corrected chi connectivity index (χ3v) is 5.66. The minimum atomic E-state index is -0.424. The van der Waals surface area contributed by atoms with Crippen molar-refractivity contribution in [2.75, 3.05) is 12.4 Å². The van der Waals surface area contributed by atoms with Crippen LogP contribution in [0.15, 0.2) is 48.5 Å². The molecule has 4 N–H and O–H groups in total. The summed E-state index contributed by atoms with van der Waals surface area (Å²) in [5.41, 5.74) is 6.79. The van der Waals surface area contributed by atoms with E-state index in [1.807, 2.05) is 0 Å². The van der Waals surface area contributed by atoms with Crippen LogP contribution in [0.2, 0.25) is 0 Å². The number of benzene rings is 2. The van der Waals surface area contributed by atoms with E-state index in [1.54, 1.807) is 55.6 Å². The number of hydrazine groups is 1. The molecular formula is C24H28N4O4S. The molecule has 9 heteroatoms. The Morgan fingerprint density at radius 3 is 2.24 bits per heavy atom. The Morgan fingerprint density at radius 1 is 0.939 bits per heavy atom. The predicted octanol–water partition coefficient (Wildman–Crippen LogP) is 3.09. The molecule has 0 aliphatic heterocycles. The molecule has 1 aliphatic carbocycles. The average molecular weight is 469 g/mol. The fraction of sp³-hybridized carbons (Fsp3) is 0.333. The summed E-state index contributed by atoms with van der Waals surface area (Å²) in [5, 5.41) is 5.41. The van der Waals surface area contributed by atoms with Crippen LogP contribution in [0, 0.1) is 5.92 Å². The molecule has 0 saturated heterocycles. The summed E-state index contributed by atoms with van der Waals surface area (Å²) >= 11 is 5.06. The number of ether oxygens (including phenoxy) is 1. The fourth-order valence-electron chi connectivity index (χ4n) is 3.63. The van der Waals surface area contributed by atoms with E-state index in [0.29, 0.717) is 17.0 Å². The van der Waals surface area contributed by atoms with Crippen molar-refractivity contribution in [2.45, 2.75) is 38.5 Å². The highest BCUT2D eigenvalue weighted by atomic mass is 32.1. The van der Waals surface area contributed by atoms with Gasteiger partial charge in [0.1, 0.15) is 5.75 Å². The monoisotopic (exact) mass is 468 g/mol. The number of methoxy groups -OCH3 is 1. The van der Waals surface area contributed by atoms with E-state index in [-0.39, 0.29) is 29.3 Å². The van der Waals surface area contributed by atoms with Crippen LogP contribution >= 0.6 is 12.2 Å². The van der Waals surface area contributed by atoms with Crippen molar-refractivity contribution >= 4 is 40.7 Å². The highest BCUT2D eigenvalue weighted by molar-refractivity contribution is 7.80. The minimum Gasteiger partial charge on any atom is -0.497 e. The number of amides is 3. The molecule has 2 aromatic rings. The molecular weight excluding hydrogens is 440 g/mol. The molecule has 8 nitrogen and oxygen atoms in total. The number of nitrogens with one attached hydrogen (secondary N) is 4. The maximum absolute atomic E-state index is 12.3. The average Bonchev–Trinajstić information content (AvgIpc) is 2.84. The predicted molar refractivity (Wildman–Crippen MR) is 130 cm³/mol. The van der Waals surface area contributed by atoms with Crippen molar-refractivity contribution in [3.8, 4) is 5.75 Å². The molecule has 1 saturated carbocycles. The van der Waals surface area contributed by atoms with E-state index in [2.05, 4.69) is 21.5 Å². The van der Waals surface area contributed by atoms with E-state index in [1.165, 1.54) is 6.42 Å². The van der Waals surface area contributed by atoms with Crippen LogP contribution in [0.1, 0.15) is 48.0 Å². The lowest BCUT2D eigenvalue weighted by atomic mass is 9.88. The molecule has 0 spiro atoms. The first-order valence-corrected chi connectivity index (χ1v) is 11.3. The van der Waals surface area contributed by atoms with Crippen molar-refractivity contribution in [2.24, 2.45) is 5.92 Å². The van der Waals surface area contributed by atoms with Gasteiger partial charge >= 0.3 is 0 Å². The Hall–Kier alpha value is -3.46. The molecule has 0 radical (unpaired) electrons. The zero-order valence-corrected chi connectivity index (χ0v) is 19.3. The van der Waals surface area contributed by atoms with Crippen LogP contribution in [0.5, 0.6) is 5.75 Å². The molecule has 1 fully saturated rings. The Morgan fingerprint density at radius 2 is 1.61 bits per heavy atom. The molecule has 0 bridgehead atoms. The molecule has 0 heterocycles. The second-order valence-electron chi connectivity index (χ2n) is 7.88. The Balaban J connectivity index is 1.41. The van der Waals surface area contributed by atoms with Gasteiger partial charge in [0.25, 0.3) is 5.91 Å². The number of thiocarbonyl (C=S) groups is 1. The summed E-state index contributed by atoms with van der Waals surface area (Å²) in [6.07, 6.45) is 5.36. The van der Waals surface area contributed by atoms with Crippen LogP contribution in [-0.4, -0.2) is 29.9 Å². The lowest BCUT2D eigenvalue weighted by Crippen LogP contribution is -2.48. The summed E-state index contributed by atoms with van der Waals surface area (Å²) < 4.78 is 5.09. The van der Waals surface area contributed by atoms with Crippen molar-refractivity contribution in [3.63, 3.8) is 0 Å². The number of rotatable bonds is 6. The smallest absolute Gasteiger partial charge is 0.269 e. The largest absolute Gasteiger partial charge is 0.497 e. The van der Waals surface area contributed by atoms with Gasteiger partial charge in [0.2, 0.25) is 11.8 Å². The van der Waals surface area contributed by atoms with Crippen LogP contribution in [0.25, 0.3) is 0 Å². The lowest BCUT2D eigenvalue weighted by Gasteiger charge is -2.20. The van der Waals surface area contributed by atoms with Crippen LogP contribution in [0.4, 0.5) is 5.69 Å². The SMILES string of the molecule is COc1ccc(CC(=O)NC(=S)NNC(=O)c2ccc(NC(=O)C3CCCCC3)cc2)cc1. The van der Waals surface area contributed by atoms with Gasteiger partial charge in [0.05, 0.1) is 13.5 Å². The van der Waals surface area contributed by atoms with Gasteiger partial charge in [-0.05, 0) is 67.0 Å². The standard InChI is InChI=1S/C24H28N4O4S/c1-32-20-13-7-16(8-14-20)15-21(29)26-24(33)28-27-23(31)18-9-11-19(12-10-18)25-22(30)17-5-3-2-4-6-17/h7-14,17H,2-6,15H2,1H3,(H,25,30)(H,27,31)(H2,26,28,29,33). The number of carbonyl (C=O) groups is 3. The highest BCUT2D eigenvalue weighted by Crippen LogP contribution is 2.25. The van der Waals surface area contributed by atoms with E-state index in [0.717, 1.165) is 31.2 Å². The van der Waals surface area contributed by atoms with E-state index < -0.39 is 5.91 Å². The molecule has 0 atom stereocenters. The molecule has 2 aromatic carbocycles. The first kappa shape index (κ1) is 24.2. The van der Waals surface area contributed by atoms with Crippen molar-refractivity contribution < 1.29 is 19.1 Å². The highest BCUT2D eigenvalue weighted by Gasteiger charge is 2.21. The van der Waals surface area contributed by atoms with Gasteiger partial charge in [-0.25, -0.2) is 0 Å². The van der Waals surface area contributed by atoms with E-state index in [4.69, 9.17) is 17.0 Å². The maximum Gasteiger partial charge on any atom is 0.269 e. The third-order valence-electron chi connectivity index (χ3n) is 5.46. The van der Waals surface area contributed by atoms with Gasteiger partial charge < -0.3 is 15.4 Å². The number of anilines is 1. The van der Waals surface area contributed by atoms with Gasteiger partial charge in [-0.2, -0.15) is 0 Å². The van der Waals surface area contributed by atoms with Gasteiger partial charge in [-0.3, -0.25) is 25.2 Å². The summed E-state index contributed by atoms with van der Waals surface area (Å²) in [5.74, 6) is 0.0618. The lowest BCUT2D eigenvalue weighted by molar-refractivity contribution is -0.121. The molecule has 174 valence electrons. The van der Waals surface area contributed by atoms with Crippen LogP contribution in [-0.2, 0) is 16.0 Å². The molecule has 0 unspecified atom stereocenters. The Labute approximate surface area is 198 Å².